The van der Waals surface area contributed by atoms with Crippen molar-refractivity contribution in [1.29, 1.82) is 0 Å². The van der Waals surface area contributed by atoms with Crippen LogP contribution in [0, 0.1) is 11.3 Å². The Kier molecular flexibility index (Phi) is 4.70. The second-order valence-corrected chi connectivity index (χ2v) is 5.71. The average molecular weight is 236 g/mol. The minimum absolute atomic E-state index is 0.0832. The van der Waals surface area contributed by atoms with Gasteiger partial charge in [0, 0.05) is 13.0 Å². The Labute approximate surface area is 104 Å². The van der Waals surface area contributed by atoms with Gasteiger partial charge in [-0.3, -0.25) is 4.79 Å². The first kappa shape index (κ1) is 14.2. The molecule has 0 amide bonds. The van der Waals surface area contributed by atoms with Gasteiger partial charge in [-0.1, -0.05) is 18.1 Å². The van der Waals surface area contributed by atoms with Crippen LogP contribution in [0.4, 0.5) is 0 Å². The van der Waals surface area contributed by atoms with E-state index in [0.29, 0.717) is 18.8 Å². The van der Waals surface area contributed by atoms with Crippen LogP contribution in [0.15, 0.2) is 23.8 Å². The van der Waals surface area contributed by atoms with Crippen LogP contribution < -0.4 is 0 Å². The van der Waals surface area contributed by atoms with Gasteiger partial charge in [0.15, 0.2) is 5.78 Å². The first-order chi connectivity index (χ1) is 7.89. The zero-order chi connectivity index (χ0) is 13.1. The Bertz CT molecular complexity index is 341. The number of hydrogen-bond acceptors (Lipinski definition) is 2. The fourth-order valence-corrected chi connectivity index (χ4v) is 2.96. The van der Waals surface area contributed by atoms with Crippen LogP contribution in [0.5, 0.6) is 0 Å². The molecule has 96 valence electrons. The minimum atomic E-state index is -0.0832. The largest absolute Gasteiger partial charge is 0.396 e. The van der Waals surface area contributed by atoms with Gasteiger partial charge in [-0.15, -0.1) is 6.58 Å². The highest BCUT2D eigenvalue weighted by Gasteiger charge is 2.38. The van der Waals surface area contributed by atoms with Crippen molar-refractivity contribution in [2.45, 2.75) is 46.5 Å². The summed E-state index contributed by atoms with van der Waals surface area (Å²) in [6.45, 7) is 10.3. The summed E-state index contributed by atoms with van der Waals surface area (Å²) in [5.74, 6) is 0.592. The molecule has 0 saturated heterocycles. The summed E-state index contributed by atoms with van der Waals surface area (Å²) in [5.41, 5.74) is 2.26. The number of aliphatic hydroxyl groups is 1. The summed E-state index contributed by atoms with van der Waals surface area (Å²) < 4.78 is 0. The number of hydrogen-bond donors (Lipinski definition) is 1. The van der Waals surface area contributed by atoms with E-state index in [0.717, 1.165) is 12.8 Å². The molecule has 0 fully saturated rings. The van der Waals surface area contributed by atoms with Gasteiger partial charge in [-0.25, -0.2) is 0 Å². The lowest BCUT2D eigenvalue weighted by atomic mass is 9.63. The van der Waals surface area contributed by atoms with E-state index in [1.807, 2.05) is 13.8 Å². The van der Waals surface area contributed by atoms with Gasteiger partial charge in [0.2, 0.25) is 0 Å². The van der Waals surface area contributed by atoms with Gasteiger partial charge in [-0.2, -0.15) is 0 Å². The van der Waals surface area contributed by atoms with Crippen LogP contribution in [0.3, 0.4) is 0 Å². The zero-order valence-corrected chi connectivity index (χ0v) is 11.3. The second kappa shape index (κ2) is 5.63. The Morgan fingerprint density at radius 3 is 2.82 bits per heavy atom. The highest BCUT2D eigenvalue weighted by Crippen LogP contribution is 2.45. The SMILES string of the molecule is C=C(C)CCC1C(C)=CC(=O)C[C@@]1(C)CCO. The predicted octanol–water partition coefficient (Wildman–Crippen LogP) is 3.27. The van der Waals surface area contributed by atoms with Gasteiger partial charge in [-0.05, 0) is 50.5 Å². The summed E-state index contributed by atoms with van der Waals surface area (Å²) in [4.78, 5) is 11.7. The minimum Gasteiger partial charge on any atom is -0.396 e. The number of carbonyl (C=O) groups excluding carboxylic acids is 1. The molecule has 0 heterocycles. The lowest BCUT2D eigenvalue weighted by molar-refractivity contribution is -0.118. The summed E-state index contributed by atoms with van der Waals surface area (Å²) >= 11 is 0. The molecule has 0 aromatic rings. The molecule has 1 aliphatic rings. The van der Waals surface area contributed by atoms with Crippen molar-refractivity contribution in [3.05, 3.63) is 23.8 Å². The maximum Gasteiger partial charge on any atom is 0.156 e. The third-order valence-corrected chi connectivity index (χ3v) is 3.90. The Balaban J connectivity index is 2.88. The van der Waals surface area contributed by atoms with Gasteiger partial charge in [0.1, 0.15) is 0 Å². The standard InChI is InChI=1S/C15H24O2/c1-11(2)5-6-14-12(3)9-13(17)10-15(14,4)7-8-16/h9,14,16H,1,5-8,10H2,2-4H3/t14?,15-/m1/s1. The van der Waals surface area contributed by atoms with Crippen LogP contribution in [0.25, 0.3) is 0 Å². The van der Waals surface area contributed by atoms with Crippen molar-refractivity contribution in [2.24, 2.45) is 11.3 Å². The van der Waals surface area contributed by atoms with E-state index in [1.165, 1.54) is 11.1 Å². The number of carbonyl (C=O) groups is 1. The molecule has 0 bridgehead atoms. The molecule has 0 spiro atoms. The first-order valence-electron chi connectivity index (χ1n) is 6.35. The van der Waals surface area contributed by atoms with E-state index in [-0.39, 0.29) is 17.8 Å². The second-order valence-electron chi connectivity index (χ2n) is 5.71. The molecule has 2 nitrogen and oxygen atoms in total. The topological polar surface area (TPSA) is 37.3 Å². The van der Waals surface area contributed by atoms with Crippen molar-refractivity contribution in [1.82, 2.24) is 0 Å². The molecule has 0 aromatic heterocycles. The smallest absolute Gasteiger partial charge is 0.156 e. The molecule has 0 aromatic carbocycles. The zero-order valence-electron chi connectivity index (χ0n) is 11.3. The van der Waals surface area contributed by atoms with Gasteiger partial charge in [0.05, 0.1) is 0 Å². The number of ketones is 1. The molecule has 0 aliphatic heterocycles. The van der Waals surface area contributed by atoms with E-state index in [2.05, 4.69) is 13.5 Å². The summed E-state index contributed by atoms with van der Waals surface area (Å²) in [6.07, 6.45) is 5.06. The van der Waals surface area contributed by atoms with Crippen molar-refractivity contribution in [3.63, 3.8) is 0 Å². The monoisotopic (exact) mass is 236 g/mol. The van der Waals surface area contributed by atoms with Crippen LogP contribution in [-0.4, -0.2) is 17.5 Å². The molecule has 2 heteroatoms. The van der Waals surface area contributed by atoms with E-state index in [4.69, 9.17) is 0 Å². The van der Waals surface area contributed by atoms with Crippen molar-refractivity contribution >= 4 is 5.78 Å². The average Bonchev–Trinajstić information content (AvgIpc) is 2.14. The molecule has 1 unspecified atom stereocenters. The third-order valence-electron chi connectivity index (χ3n) is 3.90. The van der Waals surface area contributed by atoms with Crippen molar-refractivity contribution in [2.75, 3.05) is 6.61 Å². The number of aliphatic hydroxyl groups excluding tert-OH is 1. The highest BCUT2D eigenvalue weighted by molar-refractivity contribution is 5.92. The molecule has 17 heavy (non-hydrogen) atoms. The van der Waals surface area contributed by atoms with Gasteiger partial charge >= 0.3 is 0 Å². The van der Waals surface area contributed by atoms with Crippen LogP contribution in [-0.2, 0) is 4.79 Å². The number of allylic oxidation sites excluding steroid dienone is 3. The molecule has 1 N–H and O–H groups in total. The molecule has 0 radical (unpaired) electrons. The van der Waals surface area contributed by atoms with Crippen LogP contribution in [0.1, 0.15) is 46.5 Å². The van der Waals surface area contributed by atoms with Crippen molar-refractivity contribution in [3.8, 4) is 0 Å². The lowest BCUT2D eigenvalue weighted by Crippen LogP contribution is -2.35. The molecular weight excluding hydrogens is 212 g/mol. The summed E-state index contributed by atoms with van der Waals surface area (Å²) in [6, 6.07) is 0. The van der Waals surface area contributed by atoms with Gasteiger partial charge in [0.25, 0.3) is 0 Å². The molecular formula is C15H24O2. The van der Waals surface area contributed by atoms with E-state index in [9.17, 15) is 9.90 Å². The molecule has 2 atom stereocenters. The maximum absolute atomic E-state index is 11.7. The fourth-order valence-electron chi connectivity index (χ4n) is 2.96. The quantitative estimate of drug-likeness (QED) is 0.744. The Hall–Kier alpha value is -0.890. The molecule has 1 aliphatic carbocycles. The van der Waals surface area contributed by atoms with Crippen molar-refractivity contribution < 1.29 is 9.90 Å². The van der Waals surface area contributed by atoms with E-state index in [1.54, 1.807) is 6.08 Å². The summed E-state index contributed by atoms with van der Waals surface area (Å²) in [5, 5.41) is 9.20. The van der Waals surface area contributed by atoms with E-state index < -0.39 is 0 Å². The van der Waals surface area contributed by atoms with Gasteiger partial charge < -0.3 is 5.11 Å². The number of rotatable bonds is 5. The highest BCUT2D eigenvalue weighted by atomic mass is 16.3. The van der Waals surface area contributed by atoms with Crippen LogP contribution >= 0.6 is 0 Å². The van der Waals surface area contributed by atoms with E-state index >= 15 is 0 Å². The van der Waals surface area contributed by atoms with Crippen LogP contribution in [0.2, 0.25) is 0 Å². The Morgan fingerprint density at radius 2 is 2.29 bits per heavy atom. The fraction of sp³-hybridized carbons (Fsp3) is 0.667. The first-order valence-corrected chi connectivity index (χ1v) is 6.35. The maximum atomic E-state index is 11.7. The predicted molar refractivity (Wildman–Crippen MR) is 70.7 cm³/mol. The lowest BCUT2D eigenvalue weighted by Gasteiger charge is -2.40. The molecule has 0 saturated carbocycles. The Morgan fingerprint density at radius 1 is 1.65 bits per heavy atom. The third kappa shape index (κ3) is 3.53. The molecule has 1 rings (SSSR count). The normalized spacial score (nSPS) is 29.1. The summed E-state index contributed by atoms with van der Waals surface area (Å²) in [7, 11) is 0.